The maximum Gasteiger partial charge on any atom is 0.312 e. The Hall–Kier alpha value is -1.10. The third kappa shape index (κ3) is 6.26. The number of rotatable bonds is 7. The van der Waals surface area contributed by atoms with E-state index in [-0.39, 0.29) is 18.4 Å². The maximum atomic E-state index is 11.6. The molecule has 2 N–H and O–H groups in total. The van der Waals surface area contributed by atoms with Crippen molar-refractivity contribution in [3.63, 3.8) is 0 Å². The normalized spacial score (nSPS) is 11.9. The van der Waals surface area contributed by atoms with Crippen LogP contribution in [0.3, 0.4) is 0 Å². The molecule has 0 radical (unpaired) electrons. The predicted octanol–water partition coefficient (Wildman–Crippen LogP) is 0.629. The van der Waals surface area contributed by atoms with Crippen molar-refractivity contribution in [2.45, 2.75) is 27.7 Å². The van der Waals surface area contributed by atoms with Gasteiger partial charge in [0.2, 0.25) is 5.91 Å². The fraction of sp³-hybridized carbons (Fsp3) is 0.833. The Morgan fingerprint density at radius 2 is 1.88 bits per heavy atom. The Labute approximate surface area is 103 Å². The van der Waals surface area contributed by atoms with E-state index >= 15 is 0 Å². The number of methoxy groups -OCH3 is 1. The number of nitrogens with two attached hydrogens (primary N) is 1. The molecule has 1 amide bonds. The molecule has 100 valence electrons. The van der Waals surface area contributed by atoms with Gasteiger partial charge in [-0.05, 0) is 19.8 Å². The van der Waals surface area contributed by atoms with Crippen LogP contribution in [-0.2, 0) is 14.3 Å². The van der Waals surface area contributed by atoms with Gasteiger partial charge >= 0.3 is 5.97 Å². The summed E-state index contributed by atoms with van der Waals surface area (Å²) in [6.07, 6.45) is 0. The molecule has 0 aromatic carbocycles. The highest BCUT2D eigenvalue weighted by Crippen LogP contribution is 2.19. The van der Waals surface area contributed by atoms with Crippen LogP contribution < -0.4 is 5.73 Å². The van der Waals surface area contributed by atoms with Crippen LogP contribution in [0.25, 0.3) is 0 Å². The van der Waals surface area contributed by atoms with Gasteiger partial charge in [-0.3, -0.25) is 14.5 Å². The Morgan fingerprint density at radius 3 is 2.24 bits per heavy atom. The van der Waals surface area contributed by atoms with E-state index in [1.165, 1.54) is 7.11 Å². The fourth-order valence-corrected chi connectivity index (χ4v) is 1.82. The molecule has 0 saturated carbocycles. The summed E-state index contributed by atoms with van der Waals surface area (Å²) in [5, 5.41) is 0. The van der Waals surface area contributed by atoms with Gasteiger partial charge in [0, 0.05) is 13.1 Å². The maximum absolute atomic E-state index is 11.6. The Balaban J connectivity index is 4.60. The smallest absolute Gasteiger partial charge is 0.312 e. The number of nitrogens with zero attached hydrogens (tertiary/aromatic N) is 1. The molecular weight excluding hydrogens is 220 g/mol. The molecule has 0 rings (SSSR count). The number of amides is 1. The summed E-state index contributed by atoms with van der Waals surface area (Å²) in [7, 11) is 1.37. The average molecular weight is 244 g/mol. The highest BCUT2D eigenvalue weighted by molar-refractivity contribution is 5.77. The number of primary amides is 1. The molecule has 0 atom stereocenters. The second kappa shape index (κ2) is 6.59. The number of hydrogen-bond donors (Lipinski definition) is 1. The van der Waals surface area contributed by atoms with E-state index in [1.54, 1.807) is 13.8 Å². The molecule has 0 saturated heterocycles. The van der Waals surface area contributed by atoms with Gasteiger partial charge in [-0.15, -0.1) is 0 Å². The number of hydrogen-bond acceptors (Lipinski definition) is 4. The minimum atomic E-state index is -0.640. The molecule has 0 heterocycles. The van der Waals surface area contributed by atoms with E-state index < -0.39 is 5.41 Å². The highest BCUT2D eigenvalue weighted by Gasteiger charge is 2.31. The third-order valence-electron chi connectivity index (χ3n) is 2.36. The van der Waals surface area contributed by atoms with E-state index in [9.17, 15) is 9.59 Å². The largest absolute Gasteiger partial charge is 0.469 e. The molecule has 0 aromatic heterocycles. The van der Waals surface area contributed by atoms with Gasteiger partial charge in [-0.1, -0.05) is 13.8 Å². The summed E-state index contributed by atoms with van der Waals surface area (Å²) in [6, 6.07) is 0. The van der Waals surface area contributed by atoms with Crippen LogP contribution in [0.2, 0.25) is 0 Å². The average Bonchev–Trinajstić information content (AvgIpc) is 2.13. The second-order valence-electron chi connectivity index (χ2n) is 5.41. The highest BCUT2D eigenvalue weighted by atomic mass is 16.5. The summed E-state index contributed by atoms with van der Waals surface area (Å²) < 4.78 is 4.74. The summed E-state index contributed by atoms with van der Waals surface area (Å²) >= 11 is 0. The summed E-state index contributed by atoms with van der Waals surface area (Å²) in [5.74, 6) is -0.259. The summed E-state index contributed by atoms with van der Waals surface area (Å²) in [6.45, 7) is 9.06. The zero-order valence-electron chi connectivity index (χ0n) is 11.4. The quantitative estimate of drug-likeness (QED) is 0.667. The molecule has 0 aliphatic carbocycles. The molecule has 17 heavy (non-hydrogen) atoms. The molecule has 0 aromatic rings. The van der Waals surface area contributed by atoms with Crippen molar-refractivity contribution in [2.24, 2.45) is 17.1 Å². The minimum absolute atomic E-state index is 0.165. The molecule has 0 unspecified atom stereocenters. The zero-order chi connectivity index (χ0) is 13.6. The number of esters is 1. The lowest BCUT2D eigenvalue weighted by molar-refractivity contribution is -0.152. The van der Waals surface area contributed by atoms with Crippen LogP contribution in [0.15, 0.2) is 0 Å². The topological polar surface area (TPSA) is 72.6 Å². The van der Waals surface area contributed by atoms with Gasteiger partial charge in [0.15, 0.2) is 0 Å². The van der Waals surface area contributed by atoms with E-state index in [0.717, 1.165) is 6.54 Å². The van der Waals surface area contributed by atoms with Gasteiger partial charge in [-0.25, -0.2) is 0 Å². The van der Waals surface area contributed by atoms with Gasteiger partial charge in [0.1, 0.15) is 0 Å². The minimum Gasteiger partial charge on any atom is -0.469 e. The Morgan fingerprint density at radius 1 is 1.35 bits per heavy atom. The van der Waals surface area contributed by atoms with Gasteiger partial charge in [0.05, 0.1) is 19.1 Å². The first-order chi connectivity index (χ1) is 7.69. The van der Waals surface area contributed by atoms with Gasteiger partial charge < -0.3 is 10.5 Å². The molecule has 5 nitrogen and oxygen atoms in total. The number of carbonyl (C=O) groups is 2. The van der Waals surface area contributed by atoms with Gasteiger partial charge in [0.25, 0.3) is 0 Å². The summed E-state index contributed by atoms with van der Waals surface area (Å²) in [5.41, 5.74) is 4.56. The second-order valence-corrected chi connectivity index (χ2v) is 5.41. The van der Waals surface area contributed by atoms with Crippen molar-refractivity contribution in [1.82, 2.24) is 4.90 Å². The lowest BCUT2D eigenvalue weighted by atomic mass is 9.92. The van der Waals surface area contributed by atoms with E-state index in [2.05, 4.69) is 13.8 Å². The number of ether oxygens (including phenoxy) is 1. The van der Waals surface area contributed by atoms with Crippen molar-refractivity contribution in [1.29, 1.82) is 0 Å². The van der Waals surface area contributed by atoms with E-state index in [0.29, 0.717) is 12.5 Å². The van der Waals surface area contributed by atoms with Crippen LogP contribution in [-0.4, -0.2) is 43.5 Å². The molecule has 0 aliphatic heterocycles. The molecule has 0 aliphatic rings. The monoisotopic (exact) mass is 244 g/mol. The first kappa shape index (κ1) is 15.9. The predicted molar refractivity (Wildman–Crippen MR) is 66.3 cm³/mol. The van der Waals surface area contributed by atoms with E-state index in [4.69, 9.17) is 10.5 Å². The Bertz CT molecular complexity index is 275. The molecule has 0 spiro atoms. The van der Waals surface area contributed by atoms with Crippen molar-refractivity contribution < 1.29 is 14.3 Å². The molecule has 0 bridgehead atoms. The lowest BCUT2D eigenvalue weighted by Gasteiger charge is -2.30. The Kier molecular flexibility index (Phi) is 6.16. The van der Waals surface area contributed by atoms with Crippen molar-refractivity contribution in [2.75, 3.05) is 26.7 Å². The first-order valence-corrected chi connectivity index (χ1v) is 5.78. The van der Waals surface area contributed by atoms with Crippen LogP contribution in [0, 0.1) is 11.3 Å². The summed E-state index contributed by atoms with van der Waals surface area (Å²) in [4.78, 5) is 24.4. The third-order valence-corrected chi connectivity index (χ3v) is 2.36. The standard InChI is InChI=1S/C12H24N2O3/c1-9(2)6-14(7-10(13)15)8-12(3,4)11(16)17-5/h9H,6-8H2,1-5H3,(H2,13,15). The zero-order valence-corrected chi connectivity index (χ0v) is 11.4. The van der Waals surface area contributed by atoms with Crippen molar-refractivity contribution in [3.8, 4) is 0 Å². The van der Waals surface area contributed by atoms with Crippen LogP contribution in [0.4, 0.5) is 0 Å². The van der Waals surface area contributed by atoms with Crippen LogP contribution in [0.1, 0.15) is 27.7 Å². The fourth-order valence-electron chi connectivity index (χ4n) is 1.82. The number of carbonyl (C=O) groups excluding carboxylic acids is 2. The first-order valence-electron chi connectivity index (χ1n) is 5.78. The van der Waals surface area contributed by atoms with Crippen LogP contribution >= 0.6 is 0 Å². The van der Waals surface area contributed by atoms with Crippen molar-refractivity contribution >= 4 is 11.9 Å². The van der Waals surface area contributed by atoms with E-state index in [1.807, 2.05) is 4.90 Å². The lowest BCUT2D eigenvalue weighted by Crippen LogP contribution is -2.44. The van der Waals surface area contributed by atoms with Crippen LogP contribution in [0.5, 0.6) is 0 Å². The molecular formula is C12H24N2O3. The molecule has 0 fully saturated rings. The molecule has 5 heteroatoms. The van der Waals surface area contributed by atoms with Gasteiger partial charge in [-0.2, -0.15) is 0 Å². The SMILES string of the molecule is COC(=O)C(C)(C)CN(CC(N)=O)CC(C)C. The van der Waals surface area contributed by atoms with Crippen molar-refractivity contribution in [3.05, 3.63) is 0 Å².